The van der Waals surface area contributed by atoms with Crippen LogP contribution in [0.3, 0.4) is 0 Å². The second-order valence-corrected chi connectivity index (χ2v) is 5.89. The number of hydrogen-bond donors (Lipinski definition) is 1. The maximum atomic E-state index is 11.9. The number of nitrogens with one attached hydrogen (secondary N) is 1. The van der Waals surface area contributed by atoms with Gasteiger partial charge in [-0.3, -0.25) is 4.79 Å². The molecule has 0 aromatic heterocycles. The predicted molar refractivity (Wildman–Crippen MR) is 90.5 cm³/mol. The van der Waals surface area contributed by atoms with Gasteiger partial charge in [0.25, 0.3) is 0 Å². The molecule has 0 unspecified atom stereocenters. The highest BCUT2D eigenvalue weighted by Gasteiger charge is 2.08. The highest BCUT2D eigenvalue weighted by atomic mass is 16.1. The van der Waals surface area contributed by atoms with Crippen LogP contribution in [0.15, 0.2) is 24.3 Å². The van der Waals surface area contributed by atoms with Crippen LogP contribution in [0.25, 0.3) is 0 Å². The number of unbranched alkanes of at least 4 members (excludes halogenated alkanes) is 1. The fraction of sp³-hybridized carbons (Fsp3) is 0.632. The van der Waals surface area contributed by atoms with Crippen molar-refractivity contribution in [2.75, 3.05) is 6.54 Å². The summed E-state index contributed by atoms with van der Waals surface area (Å²) in [6.07, 6.45) is 7.37. The Morgan fingerprint density at radius 3 is 2.33 bits per heavy atom. The zero-order chi connectivity index (χ0) is 15.5. The quantitative estimate of drug-likeness (QED) is 0.674. The lowest BCUT2D eigenvalue weighted by atomic mass is 9.99. The molecule has 0 heterocycles. The molecule has 0 aliphatic heterocycles. The first-order chi connectivity index (χ1) is 10.2. The summed E-state index contributed by atoms with van der Waals surface area (Å²) in [5.41, 5.74) is 2.60. The number of carbonyl (C=O) groups excluding carboxylic acids is 1. The van der Waals surface area contributed by atoms with Gasteiger partial charge < -0.3 is 5.32 Å². The third kappa shape index (κ3) is 7.31. The Morgan fingerprint density at radius 2 is 1.76 bits per heavy atom. The van der Waals surface area contributed by atoms with Crippen LogP contribution in [-0.2, 0) is 17.6 Å². The van der Waals surface area contributed by atoms with Crippen molar-refractivity contribution in [1.82, 2.24) is 5.32 Å². The summed E-state index contributed by atoms with van der Waals surface area (Å²) in [6.45, 7) is 7.42. The normalized spacial score (nSPS) is 12.1. The van der Waals surface area contributed by atoms with Crippen molar-refractivity contribution in [3.05, 3.63) is 35.4 Å². The molecule has 0 saturated carbocycles. The van der Waals surface area contributed by atoms with E-state index in [-0.39, 0.29) is 5.91 Å². The molecule has 1 N–H and O–H groups in total. The standard InChI is InChI=1S/C19H31NO/c1-4-7-8-17(6-3)15-20-19(21)14-13-18-11-9-16(5-2)10-12-18/h9-12,17H,4-8,13-15H2,1-3H3,(H,20,21)/t17-/m0/s1. The molecule has 1 aromatic carbocycles. The number of amides is 1. The van der Waals surface area contributed by atoms with Crippen molar-refractivity contribution in [1.29, 1.82) is 0 Å². The Kier molecular flexibility index (Phi) is 8.80. The second-order valence-electron chi connectivity index (χ2n) is 5.89. The van der Waals surface area contributed by atoms with Crippen LogP contribution in [0.5, 0.6) is 0 Å². The molecule has 1 rings (SSSR count). The van der Waals surface area contributed by atoms with E-state index < -0.39 is 0 Å². The van der Waals surface area contributed by atoms with E-state index >= 15 is 0 Å². The molecule has 0 radical (unpaired) electrons. The van der Waals surface area contributed by atoms with Crippen LogP contribution in [0.2, 0.25) is 0 Å². The van der Waals surface area contributed by atoms with Crippen molar-refractivity contribution >= 4 is 5.91 Å². The Balaban J connectivity index is 2.26. The van der Waals surface area contributed by atoms with Crippen molar-refractivity contribution in [2.24, 2.45) is 5.92 Å². The van der Waals surface area contributed by atoms with E-state index in [0.29, 0.717) is 12.3 Å². The topological polar surface area (TPSA) is 29.1 Å². The van der Waals surface area contributed by atoms with E-state index in [0.717, 1.165) is 25.8 Å². The lowest BCUT2D eigenvalue weighted by Gasteiger charge is -2.15. The van der Waals surface area contributed by atoms with Gasteiger partial charge in [-0.05, 0) is 36.3 Å². The number of hydrogen-bond acceptors (Lipinski definition) is 1. The zero-order valence-electron chi connectivity index (χ0n) is 14.0. The molecule has 0 saturated heterocycles. The molecule has 2 heteroatoms. The SMILES string of the molecule is CCCC[C@H](CC)CNC(=O)CCc1ccc(CC)cc1. The summed E-state index contributed by atoms with van der Waals surface area (Å²) in [5.74, 6) is 0.822. The fourth-order valence-corrected chi connectivity index (χ4v) is 2.49. The Morgan fingerprint density at radius 1 is 1.10 bits per heavy atom. The third-order valence-corrected chi connectivity index (χ3v) is 4.20. The Hall–Kier alpha value is -1.31. The van der Waals surface area contributed by atoms with E-state index in [1.807, 2.05) is 0 Å². The van der Waals surface area contributed by atoms with Gasteiger partial charge in [-0.15, -0.1) is 0 Å². The first-order valence-electron chi connectivity index (χ1n) is 8.54. The molecule has 1 amide bonds. The number of rotatable bonds is 10. The second kappa shape index (κ2) is 10.4. The average Bonchev–Trinajstić information content (AvgIpc) is 2.53. The molecule has 2 nitrogen and oxygen atoms in total. The van der Waals surface area contributed by atoms with Gasteiger partial charge in [0.1, 0.15) is 0 Å². The minimum Gasteiger partial charge on any atom is -0.356 e. The summed E-state index contributed by atoms with van der Waals surface area (Å²) >= 11 is 0. The molecular weight excluding hydrogens is 258 g/mol. The van der Waals surface area contributed by atoms with Crippen LogP contribution in [-0.4, -0.2) is 12.5 Å². The van der Waals surface area contributed by atoms with E-state index in [1.54, 1.807) is 0 Å². The summed E-state index contributed by atoms with van der Waals surface area (Å²) < 4.78 is 0. The maximum absolute atomic E-state index is 11.9. The summed E-state index contributed by atoms with van der Waals surface area (Å²) in [5, 5.41) is 3.10. The van der Waals surface area contributed by atoms with Gasteiger partial charge in [0.2, 0.25) is 5.91 Å². The fourth-order valence-electron chi connectivity index (χ4n) is 2.49. The van der Waals surface area contributed by atoms with Gasteiger partial charge in [-0.2, -0.15) is 0 Å². The lowest BCUT2D eigenvalue weighted by Crippen LogP contribution is -2.29. The molecule has 118 valence electrons. The molecular formula is C19H31NO. The molecule has 0 aliphatic carbocycles. The van der Waals surface area contributed by atoms with Gasteiger partial charge in [0.15, 0.2) is 0 Å². The minimum absolute atomic E-state index is 0.185. The molecule has 0 bridgehead atoms. The monoisotopic (exact) mass is 289 g/mol. The first kappa shape index (κ1) is 17.7. The van der Waals surface area contributed by atoms with Gasteiger partial charge >= 0.3 is 0 Å². The third-order valence-electron chi connectivity index (χ3n) is 4.20. The highest BCUT2D eigenvalue weighted by Crippen LogP contribution is 2.11. The van der Waals surface area contributed by atoms with Crippen LogP contribution in [0.1, 0.15) is 64.0 Å². The van der Waals surface area contributed by atoms with E-state index in [4.69, 9.17) is 0 Å². The van der Waals surface area contributed by atoms with Crippen molar-refractivity contribution < 1.29 is 4.79 Å². The molecule has 1 aromatic rings. The van der Waals surface area contributed by atoms with Crippen LogP contribution in [0.4, 0.5) is 0 Å². The van der Waals surface area contributed by atoms with Crippen molar-refractivity contribution in [3.63, 3.8) is 0 Å². The highest BCUT2D eigenvalue weighted by molar-refractivity contribution is 5.76. The van der Waals surface area contributed by atoms with Gasteiger partial charge in [0.05, 0.1) is 0 Å². The van der Waals surface area contributed by atoms with Gasteiger partial charge in [-0.1, -0.05) is 64.3 Å². The van der Waals surface area contributed by atoms with Crippen molar-refractivity contribution in [3.8, 4) is 0 Å². The van der Waals surface area contributed by atoms with Gasteiger partial charge in [-0.25, -0.2) is 0 Å². The van der Waals surface area contributed by atoms with E-state index in [2.05, 4.69) is 50.4 Å². The van der Waals surface area contributed by atoms with Crippen LogP contribution >= 0.6 is 0 Å². The van der Waals surface area contributed by atoms with E-state index in [9.17, 15) is 4.79 Å². The Bertz CT molecular complexity index is 397. The smallest absolute Gasteiger partial charge is 0.220 e. The predicted octanol–water partition coefficient (Wildman–Crippen LogP) is 4.51. The van der Waals surface area contributed by atoms with Crippen molar-refractivity contribution in [2.45, 2.75) is 65.7 Å². The summed E-state index contributed by atoms with van der Waals surface area (Å²) in [6, 6.07) is 8.60. The average molecular weight is 289 g/mol. The lowest BCUT2D eigenvalue weighted by molar-refractivity contribution is -0.121. The van der Waals surface area contributed by atoms with Crippen LogP contribution in [0, 0.1) is 5.92 Å². The number of benzene rings is 1. The molecule has 0 aliphatic rings. The maximum Gasteiger partial charge on any atom is 0.220 e. The molecule has 0 fully saturated rings. The first-order valence-corrected chi connectivity index (χ1v) is 8.54. The molecule has 21 heavy (non-hydrogen) atoms. The number of carbonyl (C=O) groups is 1. The Labute approximate surface area is 130 Å². The minimum atomic E-state index is 0.185. The number of aryl methyl sites for hydroxylation is 2. The summed E-state index contributed by atoms with van der Waals surface area (Å²) in [7, 11) is 0. The summed E-state index contributed by atoms with van der Waals surface area (Å²) in [4.78, 5) is 11.9. The zero-order valence-corrected chi connectivity index (χ0v) is 14.0. The molecule has 1 atom stereocenters. The van der Waals surface area contributed by atoms with E-state index in [1.165, 1.54) is 30.4 Å². The largest absolute Gasteiger partial charge is 0.356 e. The van der Waals surface area contributed by atoms with Crippen LogP contribution < -0.4 is 5.32 Å². The molecule has 0 spiro atoms. The van der Waals surface area contributed by atoms with Gasteiger partial charge in [0, 0.05) is 13.0 Å².